The molecule has 0 amide bonds. The molecule has 2 N–H and O–H groups in total. The topological polar surface area (TPSA) is 118 Å². The van der Waals surface area contributed by atoms with Crippen LogP contribution < -0.4 is 0 Å². The fourth-order valence-corrected chi connectivity index (χ4v) is 2.91. The van der Waals surface area contributed by atoms with Crippen molar-refractivity contribution in [2.45, 2.75) is 30.1 Å². The summed E-state index contributed by atoms with van der Waals surface area (Å²) in [5.41, 5.74) is -1.10. The van der Waals surface area contributed by atoms with Crippen molar-refractivity contribution < 1.29 is 38.7 Å². The molecular weight excluding hydrogens is 392 g/mol. The number of carboxylic acids is 1. The molecule has 2 fully saturated rings. The van der Waals surface area contributed by atoms with Crippen LogP contribution >= 0.6 is 0 Å². The van der Waals surface area contributed by atoms with Crippen molar-refractivity contribution >= 4 is 11.9 Å². The number of carboxylic acid groups (broad SMARTS) is 1. The van der Waals surface area contributed by atoms with Gasteiger partial charge in [-0.1, -0.05) is 37.3 Å². The Morgan fingerprint density at radius 3 is 2.40 bits per heavy atom. The van der Waals surface area contributed by atoms with Crippen LogP contribution in [0.4, 0.5) is 0 Å². The van der Waals surface area contributed by atoms with Gasteiger partial charge >= 0.3 is 11.9 Å². The monoisotopic (exact) mass is 418 g/mol. The number of hydrogen-bond donors (Lipinski definition) is 2. The third kappa shape index (κ3) is 5.99. The van der Waals surface area contributed by atoms with Crippen LogP contribution in [0.1, 0.15) is 12.5 Å². The minimum atomic E-state index is -1.21. The van der Waals surface area contributed by atoms with E-state index < -0.39 is 29.1 Å². The van der Waals surface area contributed by atoms with E-state index in [1.54, 1.807) is 6.92 Å². The van der Waals surface area contributed by atoms with Gasteiger partial charge in [0, 0.05) is 17.6 Å². The molecule has 4 atom stereocenters. The van der Waals surface area contributed by atoms with Gasteiger partial charge in [0.2, 0.25) is 0 Å². The molecule has 0 aromatic heterocycles. The van der Waals surface area contributed by atoms with Gasteiger partial charge in [0.25, 0.3) is 0 Å². The summed E-state index contributed by atoms with van der Waals surface area (Å²) in [7, 11) is 0. The predicted molar refractivity (Wildman–Crippen MR) is 106 cm³/mol. The highest BCUT2D eigenvalue weighted by Gasteiger charge is 2.46. The van der Waals surface area contributed by atoms with E-state index in [1.165, 1.54) is 18.2 Å². The van der Waals surface area contributed by atoms with Gasteiger partial charge < -0.3 is 29.2 Å². The number of epoxide rings is 2. The highest BCUT2D eigenvalue weighted by Crippen LogP contribution is 2.33. The SMILES string of the molecule is CC(CO)(COC(=O)C=CC(C=CC(=O)O)(OCC1CO1)C1CO1)c1ccccc1. The second-order valence-corrected chi connectivity index (χ2v) is 7.64. The zero-order valence-electron chi connectivity index (χ0n) is 16.7. The molecule has 2 heterocycles. The van der Waals surface area contributed by atoms with Crippen LogP contribution in [0.15, 0.2) is 54.6 Å². The maximum absolute atomic E-state index is 12.4. The van der Waals surface area contributed by atoms with Gasteiger partial charge in [-0.3, -0.25) is 0 Å². The Morgan fingerprint density at radius 1 is 1.17 bits per heavy atom. The Hall–Kier alpha value is -2.52. The fourth-order valence-electron chi connectivity index (χ4n) is 2.91. The molecule has 2 aliphatic rings. The lowest BCUT2D eigenvalue weighted by Gasteiger charge is -2.27. The number of hydrogen-bond acceptors (Lipinski definition) is 7. The van der Waals surface area contributed by atoms with Gasteiger partial charge in [0.15, 0.2) is 0 Å². The Kier molecular flexibility index (Phi) is 7.04. The van der Waals surface area contributed by atoms with Crippen molar-refractivity contribution in [3.8, 4) is 0 Å². The van der Waals surface area contributed by atoms with Gasteiger partial charge in [0.05, 0.1) is 26.4 Å². The predicted octanol–water partition coefficient (Wildman–Crippen LogP) is 1.23. The largest absolute Gasteiger partial charge is 0.478 e. The van der Waals surface area contributed by atoms with E-state index in [2.05, 4.69) is 0 Å². The highest BCUT2D eigenvalue weighted by atomic mass is 16.6. The quantitative estimate of drug-likeness (QED) is 0.296. The van der Waals surface area contributed by atoms with Crippen molar-refractivity contribution in [1.82, 2.24) is 0 Å². The molecule has 162 valence electrons. The van der Waals surface area contributed by atoms with E-state index in [4.69, 9.17) is 24.1 Å². The van der Waals surface area contributed by atoms with Crippen LogP contribution in [0.25, 0.3) is 0 Å². The number of carbonyl (C=O) groups is 2. The van der Waals surface area contributed by atoms with Gasteiger partial charge in [-0.2, -0.15) is 0 Å². The molecule has 0 radical (unpaired) electrons. The first-order valence-corrected chi connectivity index (χ1v) is 9.69. The molecule has 2 aliphatic heterocycles. The van der Waals surface area contributed by atoms with Crippen LogP contribution in [-0.4, -0.2) is 73.0 Å². The number of aliphatic hydroxyl groups excluding tert-OH is 1. The molecule has 0 aliphatic carbocycles. The van der Waals surface area contributed by atoms with Gasteiger partial charge in [-0.15, -0.1) is 0 Å². The molecular formula is C22H26O8. The molecule has 0 bridgehead atoms. The summed E-state index contributed by atoms with van der Waals surface area (Å²) in [5.74, 6) is -1.77. The van der Waals surface area contributed by atoms with Crippen molar-refractivity contribution in [3.63, 3.8) is 0 Å². The maximum Gasteiger partial charge on any atom is 0.330 e. The normalized spacial score (nSPS) is 24.3. The number of rotatable bonds is 12. The van der Waals surface area contributed by atoms with E-state index in [-0.39, 0.29) is 25.9 Å². The molecule has 2 saturated heterocycles. The molecule has 8 heteroatoms. The van der Waals surface area contributed by atoms with E-state index in [0.29, 0.717) is 13.2 Å². The third-order valence-electron chi connectivity index (χ3n) is 5.08. The summed E-state index contributed by atoms with van der Waals surface area (Å²) in [6, 6.07) is 9.29. The van der Waals surface area contributed by atoms with E-state index >= 15 is 0 Å². The summed E-state index contributed by atoms with van der Waals surface area (Å²) in [6.45, 7) is 2.79. The first-order chi connectivity index (χ1) is 14.4. The van der Waals surface area contributed by atoms with E-state index in [0.717, 1.165) is 11.6 Å². The van der Waals surface area contributed by atoms with Crippen LogP contribution in [0.5, 0.6) is 0 Å². The van der Waals surface area contributed by atoms with Gasteiger partial charge in [0.1, 0.15) is 24.4 Å². The van der Waals surface area contributed by atoms with Crippen LogP contribution in [0, 0.1) is 0 Å². The second-order valence-electron chi connectivity index (χ2n) is 7.64. The van der Waals surface area contributed by atoms with Crippen molar-refractivity contribution in [3.05, 3.63) is 60.2 Å². The van der Waals surface area contributed by atoms with Gasteiger partial charge in [-0.05, 0) is 17.7 Å². The van der Waals surface area contributed by atoms with Crippen molar-refractivity contribution in [2.75, 3.05) is 33.0 Å². The molecule has 0 saturated carbocycles. The van der Waals surface area contributed by atoms with Crippen molar-refractivity contribution in [2.24, 2.45) is 0 Å². The molecule has 4 unspecified atom stereocenters. The molecule has 0 spiro atoms. The molecule has 3 rings (SSSR count). The summed E-state index contributed by atoms with van der Waals surface area (Å²) >= 11 is 0. The first kappa shape index (κ1) is 22.2. The highest BCUT2D eigenvalue weighted by molar-refractivity contribution is 5.83. The number of ether oxygens (including phenoxy) is 4. The Balaban J connectivity index is 1.68. The summed E-state index contributed by atoms with van der Waals surface area (Å²) < 4.78 is 21.7. The third-order valence-corrected chi connectivity index (χ3v) is 5.08. The lowest BCUT2D eigenvalue weighted by Crippen LogP contribution is -2.37. The number of carbonyl (C=O) groups excluding carboxylic acids is 1. The lowest BCUT2D eigenvalue weighted by atomic mass is 9.84. The van der Waals surface area contributed by atoms with Gasteiger partial charge in [-0.25, -0.2) is 9.59 Å². The van der Waals surface area contributed by atoms with E-state index in [1.807, 2.05) is 30.3 Å². The number of benzene rings is 1. The second kappa shape index (κ2) is 9.53. The van der Waals surface area contributed by atoms with Crippen LogP contribution in [0.3, 0.4) is 0 Å². The fraction of sp³-hybridized carbons (Fsp3) is 0.455. The maximum atomic E-state index is 12.4. The zero-order chi connectivity index (χ0) is 21.6. The molecule has 1 aromatic carbocycles. The minimum Gasteiger partial charge on any atom is -0.478 e. The summed E-state index contributed by atoms with van der Waals surface area (Å²) in [5, 5.41) is 18.8. The van der Waals surface area contributed by atoms with E-state index in [9.17, 15) is 14.7 Å². The lowest BCUT2D eigenvalue weighted by molar-refractivity contribution is -0.140. The first-order valence-electron chi connectivity index (χ1n) is 9.69. The standard InChI is InChI=1S/C22H26O8/c1-21(14-23,16-5-3-2-4-6-16)15-29-20(26)8-10-22(18-13-28-18,9-7-19(24)25)30-12-17-11-27-17/h2-10,17-18,23H,11-15H2,1H3,(H,24,25). The molecule has 30 heavy (non-hydrogen) atoms. The average Bonchev–Trinajstić information content (AvgIpc) is 3.65. The Labute approximate surface area is 174 Å². The zero-order valence-corrected chi connectivity index (χ0v) is 16.7. The number of aliphatic carboxylic acids is 1. The van der Waals surface area contributed by atoms with Crippen LogP contribution in [-0.2, 0) is 34.0 Å². The molecule has 8 nitrogen and oxygen atoms in total. The Bertz CT molecular complexity index is 797. The van der Waals surface area contributed by atoms with Crippen LogP contribution in [0.2, 0.25) is 0 Å². The Morgan fingerprint density at radius 2 is 1.83 bits per heavy atom. The minimum absolute atomic E-state index is 0.0225. The number of esters is 1. The smallest absolute Gasteiger partial charge is 0.330 e. The molecule has 1 aromatic rings. The average molecular weight is 418 g/mol. The number of aliphatic hydroxyl groups is 1. The summed E-state index contributed by atoms with van der Waals surface area (Å²) in [6.07, 6.45) is 4.53. The summed E-state index contributed by atoms with van der Waals surface area (Å²) in [4.78, 5) is 23.4. The van der Waals surface area contributed by atoms with Crippen molar-refractivity contribution in [1.29, 1.82) is 0 Å².